The van der Waals surface area contributed by atoms with E-state index in [4.69, 9.17) is 10.2 Å². The van der Waals surface area contributed by atoms with Crippen molar-refractivity contribution in [3.8, 4) is 0 Å². The van der Waals surface area contributed by atoms with Gasteiger partial charge in [-0.15, -0.1) is 0 Å². The van der Waals surface area contributed by atoms with Crippen LogP contribution in [0.1, 0.15) is 18.6 Å². The Balaban J connectivity index is 2.36. The Morgan fingerprint density at radius 3 is 2.88 bits per heavy atom. The van der Waals surface area contributed by atoms with Gasteiger partial charge in [-0.1, -0.05) is 6.92 Å². The van der Waals surface area contributed by atoms with E-state index in [0.717, 1.165) is 18.2 Å². The molecule has 7 nitrogen and oxygen atoms in total. The summed E-state index contributed by atoms with van der Waals surface area (Å²) in [5.74, 6) is 1.19. The Hall–Kier alpha value is -2.31. The smallest absolute Gasteiger partial charge is 0.330 e. The van der Waals surface area contributed by atoms with Crippen LogP contribution in [-0.4, -0.2) is 14.5 Å². The number of hydrogen-bond donors (Lipinski definition) is 2. The van der Waals surface area contributed by atoms with Crippen molar-refractivity contribution in [3.63, 3.8) is 0 Å². The summed E-state index contributed by atoms with van der Waals surface area (Å²) in [7, 11) is 0. The predicted octanol–water partition coefficient (Wildman–Crippen LogP) is -0.283. The first-order valence-corrected chi connectivity index (χ1v) is 5.13. The lowest BCUT2D eigenvalue weighted by atomic mass is 10.4. The van der Waals surface area contributed by atoms with Gasteiger partial charge in [-0.25, -0.2) is 9.78 Å². The average Bonchev–Trinajstić information content (AvgIpc) is 2.71. The number of H-pyrrole nitrogens is 1. The van der Waals surface area contributed by atoms with Crippen LogP contribution >= 0.6 is 0 Å². The summed E-state index contributed by atoms with van der Waals surface area (Å²) < 4.78 is 6.55. The van der Waals surface area contributed by atoms with Crippen LogP contribution in [0.2, 0.25) is 0 Å². The Kier molecular flexibility index (Phi) is 2.82. The molecule has 0 saturated carbocycles. The second-order valence-corrected chi connectivity index (χ2v) is 3.52. The summed E-state index contributed by atoms with van der Waals surface area (Å²) in [6, 6.07) is 1.14. The number of nitrogens with zero attached hydrogens (tertiary/aromatic N) is 2. The first kappa shape index (κ1) is 11.2. The lowest BCUT2D eigenvalue weighted by Crippen LogP contribution is -2.31. The molecule has 2 aromatic heterocycles. The van der Waals surface area contributed by atoms with Gasteiger partial charge >= 0.3 is 5.69 Å². The Morgan fingerprint density at radius 1 is 1.53 bits per heavy atom. The molecule has 0 amide bonds. The molecule has 0 aromatic carbocycles. The van der Waals surface area contributed by atoms with Gasteiger partial charge in [-0.3, -0.25) is 14.3 Å². The molecule has 0 saturated heterocycles. The third-order valence-electron chi connectivity index (χ3n) is 2.31. The summed E-state index contributed by atoms with van der Waals surface area (Å²) in [4.78, 5) is 28.6. The summed E-state index contributed by atoms with van der Waals surface area (Å²) in [6.07, 6.45) is 2.32. The average molecular weight is 236 g/mol. The molecule has 0 spiro atoms. The van der Waals surface area contributed by atoms with Crippen molar-refractivity contribution in [2.75, 3.05) is 5.73 Å². The van der Waals surface area contributed by atoms with Gasteiger partial charge in [0.15, 0.2) is 0 Å². The normalized spacial score (nSPS) is 10.6. The maximum atomic E-state index is 11.5. The molecule has 0 bridgehead atoms. The quantitative estimate of drug-likeness (QED) is 0.762. The minimum atomic E-state index is -0.578. The summed E-state index contributed by atoms with van der Waals surface area (Å²) >= 11 is 0. The Morgan fingerprint density at radius 2 is 2.29 bits per heavy atom. The van der Waals surface area contributed by atoms with Crippen LogP contribution in [-0.2, 0) is 13.0 Å². The molecule has 2 rings (SSSR count). The molecule has 2 aromatic rings. The third-order valence-corrected chi connectivity index (χ3v) is 2.31. The molecule has 0 aliphatic carbocycles. The zero-order chi connectivity index (χ0) is 12.4. The van der Waals surface area contributed by atoms with Crippen molar-refractivity contribution in [1.29, 1.82) is 0 Å². The molecule has 0 atom stereocenters. The lowest BCUT2D eigenvalue weighted by Gasteiger charge is -2.04. The van der Waals surface area contributed by atoms with Gasteiger partial charge < -0.3 is 10.2 Å². The van der Waals surface area contributed by atoms with Crippen molar-refractivity contribution in [3.05, 3.63) is 44.8 Å². The minimum Gasteiger partial charge on any atom is -0.444 e. The molecule has 0 unspecified atom stereocenters. The maximum absolute atomic E-state index is 11.5. The van der Waals surface area contributed by atoms with Crippen LogP contribution in [0.4, 0.5) is 5.82 Å². The molecule has 3 N–H and O–H groups in total. The monoisotopic (exact) mass is 236 g/mol. The van der Waals surface area contributed by atoms with Crippen molar-refractivity contribution in [2.24, 2.45) is 0 Å². The zero-order valence-corrected chi connectivity index (χ0v) is 9.27. The molecule has 0 aliphatic heterocycles. The first-order chi connectivity index (χ1) is 8.10. The molecule has 17 heavy (non-hydrogen) atoms. The number of nitrogens with two attached hydrogens (primary N) is 1. The number of oxazole rings is 1. The number of nitrogens with one attached hydrogen (secondary N) is 1. The van der Waals surface area contributed by atoms with Gasteiger partial charge in [-0.05, 0) is 0 Å². The van der Waals surface area contributed by atoms with Gasteiger partial charge in [0.1, 0.15) is 18.1 Å². The second kappa shape index (κ2) is 4.28. The van der Waals surface area contributed by atoms with Gasteiger partial charge in [-0.2, -0.15) is 0 Å². The van der Waals surface area contributed by atoms with E-state index in [-0.39, 0.29) is 12.4 Å². The van der Waals surface area contributed by atoms with E-state index < -0.39 is 11.2 Å². The zero-order valence-electron chi connectivity index (χ0n) is 9.27. The Labute approximate surface area is 95.9 Å². The number of aromatic nitrogens is 3. The molecule has 0 fully saturated rings. The number of aryl methyl sites for hydroxylation is 1. The van der Waals surface area contributed by atoms with E-state index >= 15 is 0 Å². The molecular weight excluding hydrogens is 224 g/mol. The summed E-state index contributed by atoms with van der Waals surface area (Å²) in [5.41, 5.74) is 4.48. The van der Waals surface area contributed by atoms with Gasteiger partial charge in [0, 0.05) is 12.5 Å². The molecule has 0 aliphatic rings. The first-order valence-electron chi connectivity index (χ1n) is 5.13. The van der Waals surface area contributed by atoms with E-state index in [1.54, 1.807) is 6.20 Å². The third kappa shape index (κ3) is 2.27. The number of anilines is 1. The van der Waals surface area contributed by atoms with E-state index in [1.165, 1.54) is 4.57 Å². The number of nitrogen functional groups attached to an aromatic ring is 1. The molecule has 90 valence electrons. The molecule has 7 heteroatoms. The van der Waals surface area contributed by atoms with Crippen molar-refractivity contribution in [1.82, 2.24) is 14.5 Å². The predicted molar refractivity (Wildman–Crippen MR) is 60.7 cm³/mol. The number of hydrogen-bond acceptors (Lipinski definition) is 5. The molecule has 0 radical (unpaired) electrons. The van der Waals surface area contributed by atoms with E-state index in [1.807, 2.05) is 6.92 Å². The highest BCUT2D eigenvalue weighted by atomic mass is 16.4. The second-order valence-electron chi connectivity index (χ2n) is 3.52. The summed E-state index contributed by atoms with van der Waals surface area (Å²) in [5, 5.41) is 0. The van der Waals surface area contributed by atoms with Crippen molar-refractivity contribution >= 4 is 5.82 Å². The fourth-order valence-corrected chi connectivity index (χ4v) is 1.42. The van der Waals surface area contributed by atoms with Gasteiger partial charge in [0.25, 0.3) is 5.56 Å². The molecular formula is C10H12N4O3. The Bertz CT molecular complexity index is 637. The highest BCUT2D eigenvalue weighted by Gasteiger charge is 2.08. The maximum Gasteiger partial charge on any atom is 0.330 e. The van der Waals surface area contributed by atoms with E-state index in [0.29, 0.717) is 5.89 Å². The van der Waals surface area contributed by atoms with E-state index in [9.17, 15) is 9.59 Å². The van der Waals surface area contributed by atoms with Crippen LogP contribution in [0.15, 0.2) is 26.3 Å². The number of rotatable bonds is 3. The fraction of sp³-hybridized carbons (Fsp3) is 0.300. The van der Waals surface area contributed by atoms with Gasteiger partial charge in [0.2, 0.25) is 5.89 Å². The summed E-state index contributed by atoms with van der Waals surface area (Å²) in [6.45, 7) is 2.03. The van der Waals surface area contributed by atoms with Crippen LogP contribution < -0.4 is 17.0 Å². The van der Waals surface area contributed by atoms with Gasteiger partial charge in [0.05, 0.1) is 6.20 Å². The lowest BCUT2D eigenvalue weighted by molar-refractivity contribution is 0.443. The van der Waals surface area contributed by atoms with Crippen LogP contribution in [0.25, 0.3) is 0 Å². The van der Waals surface area contributed by atoms with E-state index in [2.05, 4.69) is 9.97 Å². The SMILES string of the molecule is CCc1cnc(Cn2c(N)cc(=O)[nH]c2=O)o1. The minimum absolute atomic E-state index is 0.0787. The topological polar surface area (TPSA) is 107 Å². The standard InChI is InChI=1S/C10H12N4O3/c1-2-6-4-12-9(17-6)5-14-7(11)3-8(15)13-10(14)16/h3-4H,2,5,11H2,1H3,(H,13,15,16). The molecule has 2 heterocycles. The van der Waals surface area contributed by atoms with Crippen LogP contribution in [0, 0.1) is 0 Å². The van der Waals surface area contributed by atoms with Crippen LogP contribution in [0.3, 0.4) is 0 Å². The highest BCUT2D eigenvalue weighted by molar-refractivity contribution is 5.26. The largest absolute Gasteiger partial charge is 0.444 e. The van der Waals surface area contributed by atoms with Crippen molar-refractivity contribution in [2.45, 2.75) is 19.9 Å². The number of aromatic amines is 1. The fourth-order valence-electron chi connectivity index (χ4n) is 1.42. The highest BCUT2D eigenvalue weighted by Crippen LogP contribution is 2.06. The van der Waals surface area contributed by atoms with Crippen LogP contribution in [0.5, 0.6) is 0 Å². The van der Waals surface area contributed by atoms with Crippen molar-refractivity contribution < 1.29 is 4.42 Å².